The number of hydrogen-bond acceptors (Lipinski definition) is 3. The van der Waals surface area contributed by atoms with Crippen molar-refractivity contribution in [2.45, 2.75) is 26.5 Å². The molecule has 1 aromatic carbocycles. The number of aromatic nitrogens is 1. The number of halogens is 1. The van der Waals surface area contributed by atoms with Gasteiger partial charge in [-0.1, -0.05) is 31.2 Å². The van der Waals surface area contributed by atoms with Crippen molar-refractivity contribution in [3.05, 3.63) is 58.2 Å². The smallest absolute Gasteiger partial charge is 0.126 e. The number of anilines is 1. The van der Waals surface area contributed by atoms with Crippen LogP contribution in [0.2, 0.25) is 0 Å². The average Bonchev–Trinajstić information content (AvgIpc) is 2.48. The first kappa shape index (κ1) is 15.0. The zero-order chi connectivity index (χ0) is 14.2. The highest BCUT2D eigenvalue weighted by atomic mass is 79.9. The molecule has 0 saturated carbocycles. The summed E-state index contributed by atoms with van der Waals surface area (Å²) in [6, 6.07) is 12.3. The third-order valence-electron chi connectivity index (χ3n) is 2.91. The minimum Gasteiger partial charge on any atom is -0.377 e. The average molecular weight is 335 g/mol. The molecule has 1 aromatic heterocycles. The second kappa shape index (κ2) is 8.02. The van der Waals surface area contributed by atoms with Gasteiger partial charge in [-0.2, -0.15) is 0 Å². The summed E-state index contributed by atoms with van der Waals surface area (Å²) in [6.45, 7) is 4.34. The Kier molecular flexibility index (Phi) is 6.02. The largest absolute Gasteiger partial charge is 0.377 e. The van der Waals surface area contributed by atoms with E-state index in [1.165, 1.54) is 11.1 Å². The van der Waals surface area contributed by atoms with Crippen LogP contribution in [0.1, 0.15) is 24.5 Å². The summed E-state index contributed by atoms with van der Waals surface area (Å²) in [5.74, 6) is 0.873. The maximum atomic E-state index is 5.63. The van der Waals surface area contributed by atoms with Gasteiger partial charge in [0.2, 0.25) is 0 Å². The van der Waals surface area contributed by atoms with Gasteiger partial charge in [-0.25, -0.2) is 4.98 Å². The Bertz CT molecular complexity index is 528. The number of nitrogens with one attached hydrogen (secondary N) is 1. The Morgan fingerprint density at radius 2 is 1.95 bits per heavy atom. The molecule has 0 radical (unpaired) electrons. The molecule has 0 spiro atoms. The fourth-order valence-electron chi connectivity index (χ4n) is 1.86. The van der Waals surface area contributed by atoms with Crippen LogP contribution in [-0.2, 0) is 17.9 Å². The molecule has 0 saturated heterocycles. The van der Waals surface area contributed by atoms with Gasteiger partial charge in [-0.05, 0) is 45.6 Å². The lowest BCUT2D eigenvalue weighted by atomic mass is 10.1. The molecule has 2 aromatic rings. The maximum absolute atomic E-state index is 5.63. The molecule has 20 heavy (non-hydrogen) atoms. The number of nitrogens with zero attached hydrogens (tertiary/aromatic N) is 1. The van der Waals surface area contributed by atoms with E-state index >= 15 is 0 Å². The molecule has 3 nitrogen and oxygen atoms in total. The van der Waals surface area contributed by atoms with Gasteiger partial charge >= 0.3 is 0 Å². The van der Waals surface area contributed by atoms with E-state index in [1.54, 1.807) is 6.20 Å². The van der Waals surface area contributed by atoms with Crippen LogP contribution in [0.4, 0.5) is 5.82 Å². The summed E-state index contributed by atoms with van der Waals surface area (Å²) in [5.41, 5.74) is 2.47. The highest BCUT2D eigenvalue weighted by Gasteiger charge is 2.02. The molecule has 0 fully saturated rings. The minimum atomic E-state index is 0.666. The van der Waals surface area contributed by atoms with Gasteiger partial charge in [0.1, 0.15) is 5.82 Å². The van der Waals surface area contributed by atoms with E-state index in [0.29, 0.717) is 6.61 Å². The fraction of sp³-hybridized carbons (Fsp3) is 0.312. The molecule has 1 N–H and O–H groups in total. The Morgan fingerprint density at radius 3 is 2.65 bits per heavy atom. The van der Waals surface area contributed by atoms with Crippen molar-refractivity contribution in [3.63, 3.8) is 0 Å². The Balaban J connectivity index is 1.96. The van der Waals surface area contributed by atoms with Gasteiger partial charge in [0, 0.05) is 23.8 Å². The minimum absolute atomic E-state index is 0.666. The molecule has 4 heteroatoms. The lowest BCUT2D eigenvalue weighted by Gasteiger charge is -2.11. The van der Waals surface area contributed by atoms with Gasteiger partial charge in [-0.15, -0.1) is 0 Å². The van der Waals surface area contributed by atoms with Gasteiger partial charge < -0.3 is 10.1 Å². The van der Waals surface area contributed by atoms with E-state index < -0.39 is 0 Å². The van der Waals surface area contributed by atoms with Crippen molar-refractivity contribution < 1.29 is 4.74 Å². The molecule has 0 bridgehead atoms. The summed E-state index contributed by atoms with van der Waals surface area (Å²) in [5, 5.41) is 3.33. The lowest BCUT2D eigenvalue weighted by Crippen LogP contribution is -2.05. The van der Waals surface area contributed by atoms with E-state index in [2.05, 4.69) is 51.4 Å². The summed E-state index contributed by atoms with van der Waals surface area (Å²) in [4.78, 5) is 4.31. The Labute approximate surface area is 128 Å². The fourth-order valence-corrected chi connectivity index (χ4v) is 2.10. The number of pyridine rings is 1. The maximum Gasteiger partial charge on any atom is 0.126 e. The van der Waals surface area contributed by atoms with E-state index in [9.17, 15) is 0 Å². The predicted octanol–water partition coefficient (Wildman–Crippen LogP) is 4.38. The van der Waals surface area contributed by atoms with Crippen LogP contribution in [0.5, 0.6) is 0 Å². The summed E-state index contributed by atoms with van der Waals surface area (Å²) in [6.07, 6.45) is 2.84. The van der Waals surface area contributed by atoms with Crippen molar-refractivity contribution in [1.29, 1.82) is 0 Å². The zero-order valence-electron chi connectivity index (χ0n) is 11.6. The molecule has 106 valence electrons. The summed E-state index contributed by atoms with van der Waals surface area (Å²) < 4.78 is 6.61. The molecule has 0 atom stereocenters. The summed E-state index contributed by atoms with van der Waals surface area (Å²) in [7, 11) is 0. The molecule has 0 aliphatic rings. The van der Waals surface area contributed by atoms with Crippen molar-refractivity contribution in [2.75, 3.05) is 11.9 Å². The van der Waals surface area contributed by atoms with Crippen LogP contribution in [0.25, 0.3) is 0 Å². The third kappa shape index (κ3) is 4.62. The molecule has 0 unspecified atom stereocenters. The molecule has 0 aliphatic carbocycles. The SMILES string of the molecule is CCCOCc1ccccc1CNc1ccc(Br)cn1. The van der Waals surface area contributed by atoms with Gasteiger partial charge in [0.05, 0.1) is 6.61 Å². The first-order chi connectivity index (χ1) is 9.79. The van der Waals surface area contributed by atoms with Crippen LogP contribution in [-0.4, -0.2) is 11.6 Å². The van der Waals surface area contributed by atoms with Crippen LogP contribution >= 0.6 is 15.9 Å². The van der Waals surface area contributed by atoms with Crippen molar-refractivity contribution >= 4 is 21.7 Å². The first-order valence-corrected chi connectivity index (χ1v) is 7.59. The second-order valence-electron chi connectivity index (χ2n) is 4.54. The molecule has 1 heterocycles. The van der Waals surface area contributed by atoms with Gasteiger partial charge in [-0.3, -0.25) is 0 Å². The third-order valence-corrected chi connectivity index (χ3v) is 3.38. The standard InChI is InChI=1S/C16H19BrN2O/c1-2-9-20-12-14-6-4-3-5-13(14)10-18-16-8-7-15(17)11-19-16/h3-8,11H,2,9-10,12H2,1H3,(H,18,19). The lowest BCUT2D eigenvalue weighted by molar-refractivity contribution is 0.121. The number of hydrogen-bond donors (Lipinski definition) is 1. The van der Waals surface area contributed by atoms with E-state index in [0.717, 1.165) is 29.9 Å². The highest BCUT2D eigenvalue weighted by molar-refractivity contribution is 9.10. The molecular weight excluding hydrogens is 316 g/mol. The zero-order valence-corrected chi connectivity index (χ0v) is 13.2. The topological polar surface area (TPSA) is 34.1 Å². The molecule has 0 aliphatic heterocycles. The van der Waals surface area contributed by atoms with Crippen LogP contribution in [0.3, 0.4) is 0 Å². The van der Waals surface area contributed by atoms with E-state index in [-0.39, 0.29) is 0 Å². The molecule has 2 rings (SSSR count). The van der Waals surface area contributed by atoms with E-state index in [4.69, 9.17) is 4.74 Å². The predicted molar refractivity (Wildman–Crippen MR) is 85.7 cm³/mol. The normalized spacial score (nSPS) is 10.5. The van der Waals surface area contributed by atoms with Crippen molar-refractivity contribution in [3.8, 4) is 0 Å². The van der Waals surface area contributed by atoms with Gasteiger partial charge in [0.25, 0.3) is 0 Å². The number of ether oxygens (including phenoxy) is 1. The Hall–Kier alpha value is -1.39. The van der Waals surface area contributed by atoms with Crippen molar-refractivity contribution in [2.24, 2.45) is 0 Å². The van der Waals surface area contributed by atoms with Gasteiger partial charge in [0.15, 0.2) is 0 Å². The quantitative estimate of drug-likeness (QED) is 0.763. The van der Waals surface area contributed by atoms with Crippen molar-refractivity contribution in [1.82, 2.24) is 4.98 Å². The highest BCUT2D eigenvalue weighted by Crippen LogP contribution is 2.14. The van der Waals surface area contributed by atoms with Crippen LogP contribution < -0.4 is 5.32 Å². The number of rotatable bonds is 7. The van der Waals surface area contributed by atoms with E-state index in [1.807, 2.05) is 18.2 Å². The molecular formula is C16H19BrN2O. The van der Waals surface area contributed by atoms with Crippen LogP contribution in [0, 0.1) is 0 Å². The first-order valence-electron chi connectivity index (χ1n) is 6.79. The monoisotopic (exact) mass is 334 g/mol. The van der Waals surface area contributed by atoms with Crippen LogP contribution in [0.15, 0.2) is 47.1 Å². The second-order valence-corrected chi connectivity index (χ2v) is 5.45. The Morgan fingerprint density at radius 1 is 1.15 bits per heavy atom. The molecule has 0 amide bonds. The number of benzene rings is 1. The summed E-state index contributed by atoms with van der Waals surface area (Å²) >= 11 is 3.38.